The van der Waals surface area contributed by atoms with Crippen LogP contribution in [0, 0.1) is 5.41 Å². The zero-order valence-corrected chi connectivity index (χ0v) is 10.1. The molecule has 4 nitrogen and oxygen atoms in total. The van der Waals surface area contributed by atoms with Crippen molar-refractivity contribution in [1.82, 2.24) is 0 Å². The van der Waals surface area contributed by atoms with Gasteiger partial charge in [0.15, 0.2) is 0 Å². The molecule has 2 aliphatic heterocycles. The highest BCUT2D eigenvalue weighted by Gasteiger charge is 2.50. The molecule has 0 aromatic rings. The summed E-state index contributed by atoms with van der Waals surface area (Å²) in [5, 5.41) is 0. The van der Waals surface area contributed by atoms with Crippen LogP contribution < -0.4 is 5.73 Å². The summed E-state index contributed by atoms with van der Waals surface area (Å²) in [6.45, 7) is 2.83. The standard InChI is InChI=1S/C12H23NO3/c1-14-6-7-15-5-4-12(9-13)8-10-2-3-11(12)16-10/h10-11H,2-9,13H2,1H3. The fourth-order valence-electron chi connectivity index (χ4n) is 2.99. The third kappa shape index (κ3) is 2.40. The molecule has 0 saturated carbocycles. The van der Waals surface area contributed by atoms with E-state index in [4.69, 9.17) is 19.9 Å². The van der Waals surface area contributed by atoms with Crippen molar-refractivity contribution in [3.63, 3.8) is 0 Å². The van der Waals surface area contributed by atoms with Crippen LogP contribution in [-0.4, -0.2) is 45.7 Å². The van der Waals surface area contributed by atoms with Crippen LogP contribution >= 0.6 is 0 Å². The molecular weight excluding hydrogens is 206 g/mol. The zero-order chi connectivity index (χ0) is 11.4. The van der Waals surface area contributed by atoms with Crippen molar-refractivity contribution in [2.24, 2.45) is 11.1 Å². The molecule has 16 heavy (non-hydrogen) atoms. The number of nitrogens with two attached hydrogens (primary N) is 1. The highest BCUT2D eigenvalue weighted by atomic mass is 16.5. The lowest BCUT2D eigenvalue weighted by Gasteiger charge is -2.34. The monoisotopic (exact) mass is 229 g/mol. The SMILES string of the molecule is COCCOCCC1(CN)CC2CCC1O2. The molecule has 0 radical (unpaired) electrons. The van der Waals surface area contributed by atoms with E-state index in [9.17, 15) is 0 Å². The highest BCUT2D eigenvalue weighted by Crippen LogP contribution is 2.49. The Bertz CT molecular complexity index is 224. The average Bonchev–Trinajstić information content (AvgIpc) is 2.89. The zero-order valence-electron chi connectivity index (χ0n) is 10.1. The van der Waals surface area contributed by atoms with Crippen LogP contribution in [-0.2, 0) is 14.2 Å². The van der Waals surface area contributed by atoms with Crippen molar-refractivity contribution < 1.29 is 14.2 Å². The van der Waals surface area contributed by atoms with Crippen LogP contribution in [0.2, 0.25) is 0 Å². The molecule has 0 aliphatic carbocycles. The first-order valence-electron chi connectivity index (χ1n) is 6.23. The summed E-state index contributed by atoms with van der Waals surface area (Å²) < 4.78 is 16.4. The van der Waals surface area contributed by atoms with Gasteiger partial charge in [0.1, 0.15) is 0 Å². The van der Waals surface area contributed by atoms with Gasteiger partial charge >= 0.3 is 0 Å². The van der Waals surface area contributed by atoms with E-state index in [-0.39, 0.29) is 5.41 Å². The largest absolute Gasteiger partial charge is 0.382 e. The molecule has 0 spiro atoms. The van der Waals surface area contributed by atoms with Gasteiger partial charge in [0.25, 0.3) is 0 Å². The number of hydrogen-bond donors (Lipinski definition) is 1. The third-order valence-corrected chi connectivity index (χ3v) is 4.01. The second-order valence-electron chi connectivity index (χ2n) is 4.95. The van der Waals surface area contributed by atoms with Crippen molar-refractivity contribution >= 4 is 0 Å². The first kappa shape index (κ1) is 12.3. The quantitative estimate of drug-likeness (QED) is 0.660. The lowest BCUT2D eigenvalue weighted by Crippen LogP contribution is -2.40. The molecular formula is C12H23NO3. The Morgan fingerprint density at radius 1 is 1.31 bits per heavy atom. The summed E-state index contributed by atoms with van der Waals surface area (Å²) in [7, 11) is 1.69. The lowest BCUT2D eigenvalue weighted by molar-refractivity contribution is 0.0236. The Morgan fingerprint density at radius 3 is 2.75 bits per heavy atom. The molecule has 2 bridgehead atoms. The van der Waals surface area contributed by atoms with Crippen molar-refractivity contribution in [1.29, 1.82) is 0 Å². The predicted octanol–water partition coefficient (Wildman–Crippen LogP) is 0.936. The molecule has 0 aromatic heterocycles. The van der Waals surface area contributed by atoms with Crippen molar-refractivity contribution in [3.8, 4) is 0 Å². The number of hydrogen-bond acceptors (Lipinski definition) is 4. The Kier molecular flexibility index (Phi) is 4.19. The molecule has 94 valence electrons. The number of ether oxygens (including phenoxy) is 3. The van der Waals surface area contributed by atoms with Crippen LogP contribution in [0.3, 0.4) is 0 Å². The van der Waals surface area contributed by atoms with Crippen LogP contribution in [0.1, 0.15) is 25.7 Å². The topological polar surface area (TPSA) is 53.7 Å². The maximum absolute atomic E-state index is 5.94. The average molecular weight is 229 g/mol. The summed E-state index contributed by atoms with van der Waals surface area (Å²) in [5.74, 6) is 0. The molecule has 2 saturated heterocycles. The van der Waals surface area contributed by atoms with Gasteiger partial charge < -0.3 is 19.9 Å². The van der Waals surface area contributed by atoms with E-state index in [1.54, 1.807) is 7.11 Å². The van der Waals surface area contributed by atoms with E-state index < -0.39 is 0 Å². The summed E-state index contributed by atoms with van der Waals surface area (Å²) in [4.78, 5) is 0. The highest BCUT2D eigenvalue weighted by molar-refractivity contribution is 5.01. The van der Waals surface area contributed by atoms with E-state index in [0.29, 0.717) is 25.4 Å². The first-order valence-corrected chi connectivity index (χ1v) is 6.23. The van der Waals surface area contributed by atoms with E-state index in [2.05, 4.69) is 0 Å². The van der Waals surface area contributed by atoms with E-state index in [0.717, 1.165) is 26.0 Å². The lowest BCUT2D eigenvalue weighted by atomic mass is 9.72. The van der Waals surface area contributed by atoms with Gasteiger partial charge in [-0.25, -0.2) is 0 Å². The molecule has 0 aromatic carbocycles. The first-order chi connectivity index (χ1) is 7.80. The van der Waals surface area contributed by atoms with Gasteiger partial charge in [-0.15, -0.1) is 0 Å². The molecule has 2 rings (SSSR count). The summed E-state index contributed by atoms with van der Waals surface area (Å²) >= 11 is 0. The maximum Gasteiger partial charge on any atom is 0.0700 e. The molecule has 2 N–H and O–H groups in total. The Morgan fingerprint density at radius 2 is 2.19 bits per heavy atom. The molecule has 2 heterocycles. The van der Waals surface area contributed by atoms with Gasteiger partial charge in [0.2, 0.25) is 0 Å². The normalized spacial score (nSPS) is 37.1. The minimum absolute atomic E-state index is 0.190. The molecule has 4 heteroatoms. The minimum Gasteiger partial charge on any atom is -0.382 e. The maximum atomic E-state index is 5.94. The molecule has 3 unspecified atom stereocenters. The van der Waals surface area contributed by atoms with Gasteiger partial charge in [-0.1, -0.05) is 0 Å². The molecule has 3 atom stereocenters. The van der Waals surface area contributed by atoms with Gasteiger partial charge in [-0.05, 0) is 25.7 Å². The Labute approximate surface area is 97.4 Å². The smallest absolute Gasteiger partial charge is 0.0700 e. The van der Waals surface area contributed by atoms with Gasteiger partial charge in [0.05, 0.1) is 25.4 Å². The van der Waals surface area contributed by atoms with E-state index in [1.165, 1.54) is 12.8 Å². The van der Waals surface area contributed by atoms with Gasteiger partial charge in [0, 0.05) is 25.7 Å². The summed E-state index contributed by atoms with van der Waals surface area (Å²) in [5.41, 5.74) is 6.13. The van der Waals surface area contributed by atoms with Gasteiger partial charge in [-0.3, -0.25) is 0 Å². The number of fused-ring (bicyclic) bond motifs is 2. The number of rotatable bonds is 7. The summed E-state index contributed by atoms with van der Waals surface area (Å²) in [6, 6.07) is 0. The number of methoxy groups -OCH3 is 1. The van der Waals surface area contributed by atoms with Crippen LogP contribution in [0.4, 0.5) is 0 Å². The second kappa shape index (κ2) is 5.45. The van der Waals surface area contributed by atoms with E-state index >= 15 is 0 Å². The van der Waals surface area contributed by atoms with E-state index in [1.807, 2.05) is 0 Å². The Hall–Kier alpha value is -0.160. The molecule has 2 fully saturated rings. The van der Waals surface area contributed by atoms with Crippen molar-refractivity contribution in [3.05, 3.63) is 0 Å². The molecule has 2 aliphatic rings. The van der Waals surface area contributed by atoms with Crippen LogP contribution in [0.25, 0.3) is 0 Å². The fourth-order valence-corrected chi connectivity index (χ4v) is 2.99. The predicted molar refractivity (Wildman–Crippen MR) is 61.3 cm³/mol. The van der Waals surface area contributed by atoms with Crippen LogP contribution in [0.5, 0.6) is 0 Å². The summed E-state index contributed by atoms with van der Waals surface area (Å²) in [6.07, 6.45) is 5.40. The van der Waals surface area contributed by atoms with Crippen molar-refractivity contribution in [2.45, 2.75) is 37.9 Å². The molecule has 0 amide bonds. The fraction of sp³-hybridized carbons (Fsp3) is 1.00. The van der Waals surface area contributed by atoms with Gasteiger partial charge in [-0.2, -0.15) is 0 Å². The third-order valence-electron chi connectivity index (χ3n) is 4.01. The second-order valence-corrected chi connectivity index (χ2v) is 4.95. The van der Waals surface area contributed by atoms with Crippen LogP contribution in [0.15, 0.2) is 0 Å². The Balaban J connectivity index is 1.73. The minimum atomic E-state index is 0.190. The van der Waals surface area contributed by atoms with Crippen molar-refractivity contribution in [2.75, 3.05) is 33.5 Å².